The van der Waals surface area contributed by atoms with E-state index in [1.807, 2.05) is 0 Å². The molecule has 2 fully saturated rings. The van der Waals surface area contributed by atoms with Gasteiger partial charge in [0.1, 0.15) is 0 Å². The number of fused-ring (bicyclic) bond motifs is 1. The highest BCUT2D eigenvalue weighted by molar-refractivity contribution is 9.10. The van der Waals surface area contributed by atoms with Crippen LogP contribution in [0.4, 0.5) is 5.69 Å². The van der Waals surface area contributed by atoms with Gasteiger partial charge in [0.2, 0.25) is 0 Å². The first kappa shape index (κ1) is 13.4. The number of hydrogen-bond donors (Lipinski definition) is 1. The number of rotatable bonds is 2. The Morgan fingerprint density at radius 3 is 2.74 bits per heavy atom. The van der Waals surface area contributed by atoms with Crippen molar-refractivity contribution >= 4 is 21.6 Å². The van der Waals surface area contributed by atoms with Crippen LogP contribution in [0.2, 0.25) is 0 Å². The lowest BCUT2D eigenvalue weighted by atomic mass is 9.78. The van der Waals surface area contributed by atoms with E-state index in [9.17, 15) is 0 Å². The van der Waals surface area contributed by atoms with Gasteiger partial charge in [-0.05, 0) is 65.2 Å². The van der Waals surface area contributed by atoms with Gasteiger partial charge in [-0.1, -0.05) is 18.9 Å². The van der Waals surface area contributed by atoms with E-state index in [0.717, 1.165) is 12.0 Å². The molecule has 2 N–H and O–H groups in total. The van der Waals surface area contributed by atoms with E-state index in [2.05, 4.69) is 39.0 Å². The largest absolute Gasteiger partial charge is 0.367 e. The number of anilines is 1. The van der Waals surface area contributed by atoms with E-state index in [-0.39, 0.29) is 0 Å². The van der Waals surface area contributed by atoms with Gasteiger partial charge >= 0.3 is 0 Å². The fourth-order valence-electron chi connectivity index (χ4n) is 3.83. The molecule has 3 rings (SSSR count). The van der Waals surface area contributed by atoms with Crippen molar-refractivity contribution < 1.29 is 0 Å². The van der Waals surface area contributed by atoms with Crippen molar-refractivity contribution in [1.82, 2.24) is 0 Å². The summed E-state index contributed by atoms with van der Waals surface area (Å²) in [5.74, 6) is 0.920. The van der Waals surface area contributed by atoms with Crippen LogP contribution in [-0.2, 0) is 6.54 Å². The van der Waals surface area contributed by atoms with Crippen LogP contribution in [0, 0.1) is 5.92 Å². The molecule has 2 unspecified atom stereocenters. The van der Waals surface area contributed by atoms with Gasteiger partial charge in [0, 0.05) is 23.6 Å². The van der Waals surface area contributed by atoms with Gasteiger partial charge in [-0.15, -0.1) is 0 Å². The molecule has 1 aromatic carbocycles. The number of nitrogens with zero attached hydrogens (tertiary/aromatic N) is 1. The minimum absolute atomic E-state index is 0.616. The van der Waals surface area contributed by atoms with Crippen LogP contribution in [0.1, 0.15) is 44.1 Å². The molecule has 0 bridgehead atoms. The maximum atomic E-state index is 5.72. The molecule has 2 aliphatic rings. The fraction of sp³-hybridized carbons (Fsp3) is 0.625. The highest BCUT2D eigenvalue weighted by atomic mass is 79.9. The quantitative estimate of drug-likeness (QED) is 0.889. The SMILES string of the molecule is NCc1ccc(N2CCCC3CCCCC32)c(Br)c1. The Bertz CT molecular complexity index is 444. The summed E-state index contributed by atoms with van der Waals surface area (Å²) in [5.41, 5.74) is 8.29. The molecule has 0 radical (unpaired) electrons. The lowest BCUT2D eigenvalue weighted by molar-refractivity contribution is 0.243. The molecule has 1 heterocycles. The van der Waals surface area contributed by atoms with Crippen LogP contribution < -0.4 is 10.6 Å². The van der Waals surface area contributed by atoms with Gasteiger partial charge in [0.15, 0.2) is 0 Å². The van der Waals surface area contributed by atoms with Crippen LogP contribution >= 0.6 is 15.9 Å². The number of benzene rings is 1. The summed E-state index contributed by atoms with van der Waals surface area (Å²) in [7, 11) is 0. The lowest BCUT2D eigenvalue weighted by Crippen LogP contribution is -2.47. The number of hydrogen-bond acceptors (Lipinski definition) is 2. The molecule has 1 saturated heterocycles. The molecule has 104 valence electrons. The van der Waals surface area contributed by atoms with E-state index >= 15 is 0 Å². The third-order valence-electron chi connectivity index (χ3n) is 4.80. The smallest absolute Gasteiger partial charge is 0.0513 e. The van der Waals surface area contributed by atoms with Crippen molar-refractivity contribution in [2.75, 3.05) is 11.4 Å². The normalized spacial score (nSPS) is 27.2. The van der Waals surface area contributed by atoms with Gasteiger partial charge in [0.05, 0.1) is 5.69 Å². The van der Waals surface area contributed by atoms with Crippen LogP contribution in [0.3, 0.4) is 0 Å². The van der Waals surface area contributed by atoms with Crippen molar-refractivity contribution in [3.8, 4) is 0 Å². The average Bonchev–Trinajstić information content (AvgIpc) is 2.46. The average molecular weight is 323 g/mol. The predicted molar refractivity (Wildman–Crippen MR) is 84.4 cm³/mol. The second-order valence-electron chi connectivity index (χ2n) is 5.94. The molecule has 0 aromatic heterocycles. The summed E-state index contributed by atoms with van der Waals surface area (Å²) < 4.78 is 1.21. The number of nitrogens with two attached hydrogens (primary N) is 1. The first-order chi connectivity index (χ1) is 9.29. The second-order valence-corrected chi connectivity index (χ2v) is 6.79. The van der Waals surface area contributed by atoms with E-state index in [1.54, 1.807) is 0 Å². The van der Waals surface area contributed by atoms with Crippen LogP contribution in [0.15, 0.2) is 22.7 Å². The van der Waals surface area contributed by atoms with Crippen molar-refractivity contribution in [1.29, 1.82) is 0 Å². The maximum absolute atomic E-state index is 5.72. The zero-order valence-corrected chi connectivity index (χ0v) is 13.0. The van der Waals surface area contributed by atoms with Gasteiger partial charge < -0.3 is 10.6 Å². The van der Waals surface area contributed by atoms with E-state index < -0.39 is 0 Å². The highest BCUT2D eigenvalue weighted by Crippen LogP contribution is 2.40. The third kappa shape index (κ3) is 2.68. The van der Waals surface area contributed by atoms with Crippen molar-refractivity contribution in [3.05, 3.63) is 28.2 Å². The Morgan fingerprint density at radius 2 is 1.95 bits per heavy atom. The number of piperidine rings is 1. The standard InChI is InChI=1S/C16H23BrN2/c17-14-10-12(11-18)7-8-16(14)19-9-3-5-13-4-1-2-6-15(13)19/h7-8,10,13,15H,1-6,9,11,18H2. The summed E-state index contributed by atoms with van der Waals surface area (Å²) in [5, 5.41) is 0. The van der Waals surface area contributed by atoms with E-state index in [0.29, 0.717) is 6.54 Å². The Labute approximate surface area is 124 Å². The summed E-state index contributed by atoms with van der Waals surface area (Å²) >= 11 is 3.74. The Hall–Kier alpha value is -0.540. The fourth-order valence-corrected chi connectivity index (χ4v) is 4.49. The summed E-state index contributed by atoms with van der Waals surface area (Å²) in [4.78, 5) is 2.65. The van der Waals surface area contributed by atoms with Crippen LogP contribution in [-0.4, -0.2) is 12.6 Å². The molecule has 2 atom stereocenters. The zero-order chi connectivity index (χ0) is 13.2. The molecule has 0 amide bonds. The molecule has 1 aliphatic heterocycles. The van der Waals surface area contributed by atoms with E-state index in [4.69, 9.17) is 5.73 Å². The molecule has 0 spiro atoms. The van der Waals surface area contributed by atoms with E-state index in [1.165, 1.54) is 60.8 Å². The second kappa shape index (κ2) is 5.84. The predicted octanol–water partition coefficient (Wildman–Crippen LogP) is 4.07. The van der Waals surface area contributed by atoms with Crippen LogP contribution in [0.5, 0.6) is 0 Å². The first-order valence-electron chi connectivity index (χ1n) is 7.54. The Morgan fingerprint density at radius 1 is 1.16 bits per heavy atom. The molecule has 1 saturated carbocycles. The maximum Gasteiger partial charge on any atom is 0.0513 e. The molecule has 2 nitrogen and oxygen atoms in total. The van der Waals surface area contributed by atoms with Gasteiger partial charge in [-0.3, -0.25) is 0 Å². The zero-order valence-electron chi connectivity index (χ0n) is 11.4. The molecule has 1 aromatic rings. The molecule has 19 heavy (non-hydrogen) atoms. The van der Waals surface area contributed by atoms with Crippen molar-refractivity contribution in [2.45, 2.75) is 51.1 Å². The van der Waals surface area contributed by atoms with Gasteiger partial charge in [-0.25, -0.2) is 0 Å². The highest BCUT2D eigenvalue weighted by Gasteiger charge is 2.33. The lowest BCUT2D eigenvalue weighted by Gasteiger charge is -2.45. The minimum Gasteiger partial charge on any atom is -0.367 e. The van der Waals surface area contributed by atoms with Crippen LogP contribution in [0.25, 0.3) is 0 Å². The first-order valence-corrected chi connectivity index (χ1v) is 8.34. The summed E-state index contributed by atoms with van der Waals surface area (Å²) in [6.45, 7) is 1.83. The number of halogens is 1. The molecular formula is C16H23BrN2. The van der Waals surface area contributed by atoms with Gasteiger partial charge in [0.25, 0.3) is 0 Å². The Balaban J connectivity index is 1.87. The molecule has 1 aliphatic carbocycles. The molecule has 3 heteroatoms. The monoisotopic (exact) mass is 322 g/mol. The topological polar surface area (TPSA) is 29.3 Å². The molecular weight excluding hydrogens is 300 g/mol. The Kier molecular flexibility index (Phi) is 4.13. The summed E-state index contributed by atoms with van der Waals surface area (Å²) in [6, 6.07) is 7.37. The summed E-state index contributed by atoms with van der Waals surface area (Å²) in [6.07, 6.45) is 8.40. The van der Waals surface area contributed by atoms with Crippen molar-refractivity contribution in [2.24, 2.45) is 11.7 Å². The third-order valence-corrected chi connectivity index (χ3v) is 5.44. The van der Waals surface area contributed by atoms with Gasteiger partial charge in [-0.2, -0.15) is 0 Å². The van der Waals surface area contributed by atoms with Crippen molar-refractivity contribution in [3.63, 3.8) is 0 Å². The minimum atomic E-state index is 0.616.